The topological polar surface area (TPSA) is 61.2 Å². The van der Waals surface area contributed by atoms with Crippen molar-refractivity contribution in [3.8, 4) is 0 Å². The van der Waals surface area contributed by atoms with E-state index in [0.717, 1.165) is 4.57 Å². The molecule has 0 aliphatic carbocycles. The summed E-state index contributed by atoms with van der Waals surface area (Å²) in [7, 11) is 0. The van der Waals surface area contributed by atoms with E-state index in [9.17, 15) is 9.59 Å². The molecule has 0 amide bonds. The smallest absolute Gasteiger partial charge is 0.421 e. The minimum atomic E-state index is -0.753. The van der Waals surface area contributed by atoms with Crippen LogP contribution in [0.2, 0.25) is 5.15 Å². The third-order valence-electron chi connectivity index (χ3n) is 1.26. The highest BCUT2D eigenvalue weighted by atomic mass is 35.5. The SMILES string of the molecule is CCOC(=O)n1ccnc(Cl)c1=O. The molecule has 1 aromatic heterocycles. The van der Waals surface area contributed by atoms with E-state index in [0.29, 0.717) is 0 Å². The average Bonchev–Trinajstić information content (AvgIpc) is 2.10. The molecule has 0 aliphatic heterocycles. The molecule has 0 bridgehead atoms. The van der Waals surface area contributed by atoms with Gasteiger partial charge in [0.1, 0.15) is 0 Å². The molecule has 0 atom stereocenters. The quantitative estimate of drug-likeness (QED) is 0.679. The van der Waals surface area contributed by atoms with Gasteiger partial charge < -0.3 is 4.74 Å². The summed E-state index contributed by atoms with van der Waals surface area (Å²) in [5.74, 6) is 0. The molecule has 6 heteroatoms. The number of rotatable bonds is 1. The largest absolute Gasteiger partial charge is 0.449 e. The second-order valence-corrected chi connectivity index (χ2v) is 2.45. The van der Waals surface area contributed by atoms with E-state index in [1.807, 2.05) is 0 Å². The minimum absolute atomic E-state index is 0.200. The van der Waals surface area contributed by atoms with Gasteiger partial charge in [-0.1, -0.05) is 11.6 Å². The van der Waals surface area contributed by atoms with Gasteiger partial charge in [-0.25, -0.2) is 14.3 Å². The highest BCUT2D eigenvalue weighted by molar-refractivity contribution is 6.29. The van der Waals surface area contributed by atoms with Crippen LogP contribution >= 0.6 is 11.6 Å². The molecule has 1 rings (SSSR count). The van der Waals surface area contributed by atoms with E-state index in [4.69, 9.17) is 11.6 Å². The van der Waals surface area contributed by atoms with Gasteiger partial charge >= 0.3 is 6.09 Å². The van der Waals surface area contributed by atoms with Crippen molar-refractivity contribution in [1.29, 1.82) is 0 Å². The van der Waals surface area contributed by atoms with Crippen molar-refractivity contribution < 1.29 is 9.53 Å². The van der Waals surface area contributed by atoms with Crippen LogP contribution in [0.4, 0.5) is 4.79 Å². The lowest BCUT2D eigenvalue weighted by Gasteiger charge is -2.02. The molecule has 0 fully saturated rings. The first-order valence-electron chi connectivity index (χ1n) is 3.57. The summed E-state index contributed by atoms with van der Waals surface area (Å²) in [6, 6.07) is 0. The van der Waals surface area contributed by atoms with Gasteiger partial charge in [0.05, 0.1) is 6.61 Å². The van der Waals surface area contributed by atoms with E-state index in [1.54, 1.807) is 6.92 Å². The zero-order valence-corrected chi connectivity index (χ0v) is 7.61. The van der Waals surface area contributed by atoms with Crippen molar-refractivity contribution in [3.05, 3.63) is 27.9 Å². The first kappa shape index (κ1) is 9.73. The summed E-state index contributed by atoms with van der Waals surface area (Å²) in [4.78, 5) is 25.7. The molecule has 0 N–H and O–H groups in total. The van der Waals surface area contributed by atoms with Crippen LogP contribution in [0.25, 0.3) is 0 Å². The second-order valence-electron chi connectivity index (χ2n) is 2.09. The maximum atomic E-state index is 11.2. The maximum absolute atomic E-state index is 11.2. The number of ether oxygens (including phenoxy) is 1. The zero-order chi connectivity index (χ0) is 9.84. The molecule has 0 radical (unpaired) electrons. The van der Waals surface area contributed by atoms with E-state index >= 15 is 0 Å². The molecule has 0 saturated carbocycles. The highest BCUT2D eigenvalue weighted by Crippen LogP contribution is 1.94. The Hall–Kier alpha value is -1.36. The van der Waals surface area contributed by atoms with Crippen LogP contribution in [0.15, 0.2) is 17.2 Å². The molecule has 0 spiro atoms. The lowest BCUT2D eigenvalue weighted by molar-refractivity contribution is 0.153. The second kappa shape index (κ2) is 4.04. The van der Waals surface area contributed by atoms with Crippen molar-refractivity contribution in [2.75, 3.05) is 6.61 Å². The number of aromatic nitrogens is 2. The average molecular weight is 203 g/mol. The number of carbonyl (C=O) groups is 1. The van der Waals surface area contributed by atoms with Gasteiger partial charge in [-0.3, -0.25) is 4.79 Å². The maximum Gasteiger partial charge on any atom is 0.421 e. The fraction of sp³-hybridized carbons (Fsp3) is 0.286. The Morgan fingerprint density at radius 2 is 2.46 bits per heavy atom. The fourth-order valence-electron chi connectivity index (χ4n) is 0.725. The van der Waals surface area contributed by atoms with E-state index < -0.39 is 11.7 Å². The van der Waals surface area contributed by atoms with Crippen LogP contribution in [0, 0.1) is 0 Å². The van der Waals surface area contributed by atoms with Crippen molar-refractivity contribution >= 4 is 17.7 Å². The summed E-state index contributed by atoms with van der Waals surface area (Å²) in [6.45, 7) is 1.84. The summed E-state index contributed by atoms with van der Waals surface area (Å²) >= 11 is 5.41. The summed E-state index contributed by atoms with van der Waals surface area (Å²) in [6.07, 6.45) is 1.70. The van der Waals surface area contributed by atoms with Crippen LogP contribution in [-0.4, -0.2) is 22.3 Å². The number of nitrogens with zero attached hydrogens (tertiary/aromatic N) is 2. The Labute approximate surface area is 78.9 Å². The monoisotopic (exact) mass is 202 g/mol. The van der Waals surface area contributed by atoms with Crippen molar-refractivity contribution in [1.82, 2.24) is 9.55 Å². The molecular formula is C7H7ClN2O3. The van der Waals surface area contributed by atoms with Crippen LogP contribution < -0.4 is 5.56 Å². The van der Waals surface area contributed by atoms with Crippen molar-refractivity contribution in [2.45, 2.75) is 6.92 Å². The van der Waals surface area contributed by atoms with Gasteiger partial charge in [-0.05, 0) is 6.92 Å². The Balaban J connectivity index is 3.08. The number of hydrogen-bond donors (Lipinski definition) is 0. The third kappa shape index (κ3) is 2.06. The minimum Gasteiger partial charge on any atom is -0.449 e. The van der Waals surface area contributed by atoms with Crippen LogP contribution in [0.5, 0.6) is 0 Å². The molecular weight excluding hydrogens is 196 g/mol. The molecule has 0 saturated heterocycles. The van der Waals surface area contributed by atoms with Gasteiger partial charge in [-0.15, -0.1) is 0 Å². The Kier molecular flexibility index (Phi) is 3.02. The standard InChI is InChI=1S/C7H7ClN2O3/c1-2-13-7(12)10-4-3-9-5(8)6(10)11/h3-4H,2H2,1H3. The normalized spacial score (nSPS) is 9.69. The molecule has 1 heterocycles. The number of carbonyl (C=O) groups excluding carboxylic acids is 1. The summed E-state index contributed by atoms with van der Waals surface area (Å²) < 4.78 is 5.36. The van der Waals surface area contributed by atoms with E-state index in [1.165, 1.54) is 12.4 Å². The van der Waals surface area contributed by atoms with Crippen LogP contribution in [0.3, 0.4) is 0 Å². The van der Waals surface area contributed by atoms with Gasteiger partial charge in [0, 0.05) is 12.4 Å². The molecule has 0 aliphatic rings. The summed E-state index contributed by atoms with van der Waals surface area (Å²) in [5, 5.41) is -0.254. The third-order valence-corrected chi connectivity index (χ3v) is 1.52. The first-order valence-corrected chi connectivity index (χ1v) is 3.95. The fourth-order valence-corrected chi connectivity index (χ4v) is 0.872. The summed E-state index contributed by atoms with van der Waals surface area (Å²) in [5.41, 5.74) is -0.678. The zero-order valence-electron chi connectivity index (χ0n) is 6.86. The molecule has 70 valence electrons. The van der Waals surface area contributed by atoms with Gasteiger partial charge in [0.25, 0.3) is 5.56 Å². The van der Waals surface area contributed by atoms with E-state index in [2.05, 4.69) is 9.72 Å². The lowest BCUT2D eigenvalue weighted by atomic mass is 10.7. The molecule has 1 aromatic rings. The Morgan fingerprint density at radius 1 is 1.77 bits per heavy atom. The predicted octanol–water partition coefficient (Wildman–Crippen LogP) is 0.901. The van der Waals surface area contributed by atoms with Crippen molar-refractivity contribution in [2.24, 2.45) is 0 Å². The van der Waals surface area contributed by atoms with E-state index in [-0.39, 0.29) is 11.8 Å². The molecule has 0 aromatic carbocycles. The first-order chi connectivity index (χ1) is 6.16. The van der Waals surface area contributed by atoms with Crippen LogP contribution in [-0.2, 0) is 4.74 Å². The van der Waals surface area contributed by atoms with Gasteiger partial charge in [0.2, 0.25) is 0 Å². The van der Waals surface area contributed by atoms with Gasteiger partial charge in [0.15, 0.2) is 5.15 Å². The van der Waals surface area contributed by atoms with Gasteiger partial charge in [-0.2, -0.15) is 0 Å². The number of hydrogen-bond acceptors (Lipinski definition) is 4. The lowest BCUT2D eigenvalue weighted by Crippen LogP contribution is -2.28. The van der Waals surface area contributed by atoms with Crippen LogP contribution in [0.1, 0.15) is 6.92 Å². The number of halogens is 1. The molecule has 5 nitrogen and oxygen atoms in total. The molecule has 0 unspecified atom stereocenters. The molecule has 13 heavy (non-hydrogen) atoms. The Morgan fingerprint density at radius 3 is 3.08 bits per heavy atom. The Bertz CT molecular complexity index is 374. The van der Waals surface area contributed by atoms with Crippen molar-refractivity contribution in [3.63, 3.8) is 0 Å². The highest BCUT2D eigenvalue weighted by Gasteiger charge is 2.09. The predicted molar refractivity (Wildman–Crippen MR) is 45.9 cm³/mol.